The summed E-state index contributed by atoms with van der Waals surface area (Å²) in [7, 11) is 0. The molecule has 1 aromatic carbocycles. The molecule has 1 heterocycles. The molecule has 0 fully saturated rings. The summed E-state index contributed by atoms with van der Waals surface area (Å²) in [5.41, 5.74) is 4.86. The van der Waals surface area contributed by atoms with Gasteiger partial charge in [-0.3, -0.25) is 14.6 Å². The molecule has 0 saturated heterocycles. The normalized spacial score (nSPS) is 10.6. The predicted molar refractivity (Wildman–Crippen MR) is 112 cm³/mol. The van der Waals surface area contributed by atoms with Crippen molar-refractivity contribution in [3.63, 3.8) is 0 Å². The zero-order chi connectivity index (χ0) is 21.2. The van der Waals surface area contributed by atoms with E-state index in [0.29, 0.717) is 26.3 Å². The molecule has 0 saturated carbocycles. The Bertz CT molecular complexity index is 835. The number of carbonyl (C=O) groups excluding carboxylic acids is 2. The van der Waals surface area contributed by atoms with E-state index in [1.807, 2.05) is 39.0 Å². The maximum atomic E-state index is 12.4. The largest absolute Gasteiger partial charge is 0.466 e. The first kappa shape index (κ1) is 22.6. The van der Waals surface area contributed by atoms with Crippen LogP contribution in [0.4, 0.5) is 0 Å². The number of rotatable bonds is 10. The van der Waals surface area contributed by atoms with Crippen molar-refractivity contribution in [3.05, 3.63) is 53.3 Å². The molecule has 156 valence electrons. The number of aryl methyl sites for hydroxylation is 1. The smallest absolute Gasteiger partial charge is 0.310 e. The van der Waals surface area contributed by atoms with Crippen LogP contribution in [0.1, 0.15) is 37.5 Å². The van der Waals surface area contributed by atoms with Crippen LogP contribution in [0.3, 0.4) is 0 Å². The van der Waals surface area contributed by atoms with E-state index in [2.05, 4.69) is 11.1 Å². The van der Waals surface area contributed by atoms with Crippen LogP contribution in [0.15, 0.2) is 36.7 Å². The van der Waals surface area contributed by atoms with E-state index in [9.17, 15) is 9.59 Å². The summed E-state index contributed by atoms with van der Waals surface area (Å²) in [6.45, 7) is 9.69. The third-order valence-corrected chi connectivity index (χ3v) is 4.55. The number of aromatic nitrogens is 1. The minimum absolute atomic E-state index is 0.0315. The van der Waals surface area contributed by atoms with Gasteiger partial charge in [0.05, 0.1) is 13.0 Å². The van der Waals surface area contributed by atoms with Crippen LogP contribution in [-0.4, -0.2) is 48.1 Å². The fourth-order valence-corrected chi connectivity index (χ4v) is 3.11. The number of nitrogens with zero attached hydrogens (tertiary/aromatic N) is 2. The molecule has 0 radical (unpaired) electrons. The second-order valence-electron chi connectivity index (χ2n) is 6.77. The number of hydrogen-bond donors (Lipinski definition) is 0. The van der Waals surface area contributed by atoms with Crippen molar-refractivity contribution < 1.29 is 19.1 Å². The zero-order valence-corrected chi connectivity index (χ0v) is 17.7. The van der Waals surface area contributed by atoms with Crippen molar-refractivity contribution in [3.8, 4) is 11.1 Å². The van der Waals surface area contributed by atoms with Gasteiger partial charge in [0.1, 0.15) is 6.61 Å². The Morgan fingerprint density at radius 1 is 1.07 bits per heavy atom. The molecule has 0 unspecified atom stereocenters. The molecule has 0 spiro atoms. The monoisotopic (exact) mass is 398 g/mol. The van der Waals surface area contributed by atoms with Gasteiger partial charge in [-0.15, -0.1) is 0 Å². The molecule has 1 aromatic heterocycles. The van der Waals surface area contributed by atoms with Gasteiger partial charge in [-0.1, -0.05) is 23.8 Å². The minimum Gasteiger partial charge on any atom is -0.466 e. The third-order valence-electron chi connectivity index (χ3n) is 4.55. The summed E-state index contributed by atoms with van der Waals surface area (Å²) in [5.74, 6) is -0.301. The highest BCUT2D eigenvalue weighted by molar-refractivity contribution is 5.78. The van der Waals surface area contributed by atoms with Gasteiger partial charge in [0.15, 0.2) is 0 Å². The van der Waals surface area contributed by atoms with E-state index in [1.54, 1.807) is 24.2 Å². The summed E-state index contributed by atoms with van der Waals surface area (Å²) in [6, 6.07) is 8.12. The van der Waals surface area contributed by atoms with E-state index in [-0.39, 0.29) is 24.9 Å². The average Bonchev–Trinajstić information content (AvgIpc) is 2.70. The number of likely N-dealkylation sites (N-methyl/N-ethyl adjacent to an activating group) is 1. The second kappa shape index (κ2) is 11.3. The molecule has 2 aromatic rings. The molecule has 2 rings (SSSR count). The Balaban J connectivity index is 2.30. The Morgan fingerprint density at radius 3 is 2.55 bits per heavy atom. The molecule has 0 aliphatic heterocycles. The highest BCUT2D eigenvalue weighted by Gasteiger charge is 2.16. The number of carbonyl (C=O) groups is 2. The lowest BCUT2D eigenvalue weighted by atomic mass is 9.97. The molecule has 1 amide bonds. The number of amides is 1. The first-order valence-corrected chi connectivity index (χ1v) is 10.0. The highest BCUT2D eigenvalue weighted by atomic mass is 16.5. The molecule has 6 nitrogen and oxygen atoms in total. The van der Waals surface area contributed by atoms with Crippen molar-refractivity contribution in [2.45, 2.75) is 40.7 Å². The number of pyridine rings is 1. The number of hydrogen-bond acceptors (Lipinski definition) is 5. The first-order valence-electron chi connectivity index (χ1n) is 10.0. The number of benzene rings is 1. The van der Waals surface area contributed by atoms with Gasteiger partial charge in [0.25, 0.3) is 0 Å². The van der Waals surface area contributed by atoms with Gasteiger partial charge in [-0.2, -0.15) is 0 Å². The SMILES string of the molecule is CCOCC(=O)N(CC)Cc1cc(C)ccc1-c1cncc(CC(=O)OCC)c1. The fraction of sp³-hybridized carbons (Fsp3) is 0.435. The maximum absolute atomic E-state index is 12.4. The van der Waals surface area contributed by atoms with Crippen LogP contribution in [0.5, 0.6) is 0 Å². The van der Waals surface area contributed by atoms with Crippen molar-refractivity contribution in [1.29, 1.82) is 0 Å². The molecule has 0 atom stereocenters. The minimum atomic E-state index is -0.269. The molecular formula is C23H30N2O4. The fourth-order valence-electron chi connectivity index (χ4n) is 3.11. The Labute approximate surface area is 172 Å². The van der Waals surface area contributed by atoms with Crippen LogP contribution >= 0.6 is 0 Å². The summed E-state index contributed by atoms with van der Waals surface area (Å²) in [6.07, 6.45) is 3.64. The van der Waals surface area contributed by atoms with Crippen molar-refractivity contribution >= 4 is 11.9 Å². The van der Waals surface area contributed by atoms with Gasteiger partial charge >= 0.3 is 5.97 Å². The Kier molecular flexibility index (Phi) is 8.80. The second-order valence-corrected chi connectivity index (χ2v) is 6.77. The number of ether oxygens (including phenoxy) is 2. The lowest BCUT2D eigenvalue weighted by Crippen LogP contribution is -2.33. The van der Waals surface area contributed by atoms with Crippen LogP contribution < -0.4 is 0 Å². The summed E-state index contributed by atoms with van der Waals surface area (Å²) >= 11 is 0. The molecule has 0 aliphatic rings. The standard InChI is InChI=1S/C23H30N2O4/c1-5-25(22(26)16-28-6-2)15-20-10-17(4)8-9-21(20)19-11-18(13-24-14-19)12-23(27)29-7-3/h8-11,13-14H,5-7,12,15-16H2,1-4H3. The van der Waals surface area contributed by atoms with E-state index in [0.717, 1.165) is 27.8 Å². The summed E-state index contributed by atoms with van der Waals surface area (Å²) in [4.78, 5) is 30.3. The van der Waals surface area contributed by atoms with E-state index < -0.39 is 0 Å². The van der Waals surface area contributed by atoms with Gasteiger partial charge in [-0.25, -0.2) is 0 Å². The van der Waals surface area contributed by atoms with Crippen molar-refractivity contribution in [2.24, 2.45) is 0 Å². The van der Waals surface area contributed by atoms with Gasteiger partial charge in [0, 0.05) is 37.7 Å². The summed E-state index contributed by atoms with van der Waals surface area (Å²) in [5, 5.41) is 0. The molecule has 0 aliphatic carbocycles. The molecule has 0 N–H and O–H groups in total. The van der Waals surface area contributed by atoms with Crippen LogP contribution in [0, 0.1) is 6.92 Å². The Morgan fingerprint density at radius 2 is 1.86 bits per heavy atom. The zero-order valence-electron chi connectivity index (χ0n) is 17.7. The molecular weight excluding hydrogens is 368 g/mol. The Hall–Kier alpha value is -2.73. The topological polar surface area (TPSA) is 68.7 Å². The quantitative estimate of drug-likeness (QED) is 0.573. The van der Waals surface area contributed by atoms with Gasteiger partial charge < -0.3 is 14.4 Å². The van der Waals surface area contributed by atoms with Crippen molar-refractivity contribution in [2.75, 3.05) is 26.4 Å². The maximum Gasteiger partial charge on any atom is 0.310 e. The summed E-state index contributed by atoms with van der Waals surface area (Å²) < 4.78 is 10.3. The van der Waals surface area contributed by atoms with E-state index in [1.165, 1.54) is 0 Å². The van der Waals surface area contributed by atoms with Crippen molar-refractivity contribution in [1.82, 2.24) is 9.88 Å². The van der Waals surface area contributed by atoms with Crippen LogP contribution in [0.2, 0.25) is 0 Å². The average molecular weight is 399 g/mol. The highest BCUT2D eigenvalue weighted by Crippen LogP contribution is 2.26. The number of esters is 1. The molecule has 6 heteroatoms. The first-order chi connectivity index (χ1) is 14.0. The van der Waals surface area contributed by atoms with E-state index in [4.69, 9.17) is 9.47 Å². The lowest BCUT2D eigenvalue weighted by Gasteiger charge is -2.23. The lowest BCUT2D eigenvalue weighted by molar-refractivity contribution is -0.142. The predicted octanol–water partition coefficient (Wildman–Crippen LogP) is 3.55. The van der Waals surface area contributed by atoms with Crippen LogP contribution in [0.25, 0.3) is 11.1 Å². The third kappa shape index (κ3) is 6.68. The molecule has 0 bridgehead atoms. The van der Waals surface area contributed by atoms with Crippen LogP contribution in [-0.2, 0) is 32.0 Å². The van der Waals surface area contributed by atoms with Gasteiger partial charge in [0.2, 0.25) is 5.91 Å². The molecule has 29 heavy (non-hydrogen) atoms. The van der Waals surface area contributed by atoms with E-state index >= 15 is 0 Å². The van der Waals surface area contributed by atoms with Gasteiger partial charge in [-0.05, 0) is 50.5 Å².